The average Bonchev–Trinajstić information content (AvgIpc) is 2.88. The third kappa shape index (κ3) is 4.47. The third-order valence-corrected chi connectivity index (χ3v) is 1.73. The van der Waals surface area contributed by atoms with Crippen molar-refractivity contribution in [3.63, 3.8) is 0 Å². The molecular weight excluding hydrogens is 172 g/mol. The summed E-state index contributed by atoms with van der Waals surface area (Å²) in [6.07, 6.45) is 2.14. The standard InChI is InChI=1S/C8H14N2O3/c1-13-8(12)5-9-4-7(11)10-6-2-3-6/h6,9H,2-5H2,1H3,(H,10,11). The molecule has 0 aromatic carbocycles. The van der Waals surface area contributed by atoms with Gasteiger partial charge in [-0.3, -0.25) is 14.9 Å². The van der Waals surface area contributed by atoms with E-state index in [9.17, 15) is 9.59 Å². The Labute approximate surface area is 76.8 Å². The first kappa shape index (κ1) is 9.98. The molecule has 2 N–H and O–H groups in total. The minimum Gasteiger partial charge on any atom is -0.468 e. The van der Waals surface area contributed by atoms with Crippen molar-refractivity contribution < 1.29 is 14.3 Å². The lowest BCUT2D eigenvalue weighted by molar-refractivity contribution is -0.139. The number of amides is 1. The van der Waals surface area contributed by atoms with Crippen molar-refractivity contribution in [1.82, 2.24) is 10.6 Å². The van der Waals surface area contributed by atoms with E-state index in [1.165, 1.54) is 7.11 Å². The van der Waals surface area contributed by atoms with Crippen molar-refractivity contribution in [2.24, 2.45) is 0 Å². The number of nitrogens with one attached hydrogen (secondary N) is 2. The summed E-state index contributed by atoms with van der Waals surface area (Å²) < 4.78 is 4.39. The van der Waals surface area contributed by atoms with Crippen LogP contribution in [0.15, 0.2) is 0 Å². The van der Waals surface area contributed by atoms with Crippen LogP contribution in [-0.2, 0) is 14.3 Å². The highest BCUT2D eigenvalue weighted by molar-refractivity contribution is 5.79. The van der Waals surface area contributed by atoms with Gasteiger partial charge >= 0.3 is 5.97 Å². The van der Waals surface area contributed by atoms with Gasteiger partial charge in [-0.1, -0.05) is 0 Å². The van der Waals surface area contributed by atoms with Gasteiger partial charge in [0.25, 0.3) is 0 Å². The Kier molecular flexibility index (Phi) is 3.70. The van der Waals surface area contributed by atoms with Gasteiger partial charge in [-0.15, -0.1) is 0 Å². The highest BCUT2D eigenvalue weighted by Gasteiger charge is 2.22. The normalized spacial score (nSPS) is 15.2. The largest absolute Gasteiger partial charge is 0.468 e. The zero-order chi connectivity index (χ0) is 9.68. The van der Waals surface area contributed by atoms with Crippen LogP contribution in [0.5, 0.6) is 0 Å². The maximum Gasteiger partial charge on any atom is 0.319 e. The lowest BCUT2D eigenvalue weighted by atomic mass is 10.5. The minimum atomic E-state index is -0.362. The number of esters is 1. The average molecular weight is 186 g/mol. The summed E-state index contributed by atoms with van der Waals surface area (Å²) in [5.74, 6) is -0.425. The molecule has 0 unspecified atom stereocenters. The number of carbonyl (C=O) groups excluding carboxylic acids is 2. The summed E-state index contributed by atoms with van der Waals surface area (Å²) in [5, 5.41) is 5.47. The highest BCUT2D eigenvalue weighted by atomic mass is 16.5. The van der Waals surface area contributed by atoms with Gasteiger partial charge in [0.05, 0.1) is 20.2 Å². The molecule has 0 aromatic rings. The van der Waals surface area contributed by atoms with Crippen molar-refractivity contribution in [3.05, 3.63) is 0 Å². The first-order chi connectivity index (χ1) is 6.22. The van der Waals surface area contributed by atoms with Gasteiger partial charge in [0.15, 0.2) is 0 Å². The van der Waals surface area contributed by atoms with Crippen LogP contribution in [0.1, 0.15) is 12.8 Å². The van der Waals surface area contributed by atoms with E-state index in [1.54, 1.807) is 0 Å². The fourth-order valence-electron chi connectivity index (χ4n) is 0.857. The van der Waals surface area contributed by atoms with Gasteiger partial charge in [-0.05, 0) is 12.8 Å². The number of ether oxygens (including phenoxy) is 1. The number of methoxy groups -OCH3 is 1. The Balaban J connectivity index is 1.97. The second-order valence-electron chi connectivity index (χ2n) is 3.02. The van der Waals surface area contributed by atoms with E-state index < -0.39 is 0 Å². The maximum atomic E-state index is 11.0. The topological polar surface area (TPSA) is 67.4 Å². The Morgan fingerprint density at radius 3 is 2.62 bits per heavy atom. The molecule has 0 spiro atoms. The van der Waals surface area contributed by atoms with Crippen molar-refractivity contribution >= 4 is 11.9 Å². The molecule has 5 nitrogen and oxygen atoms in total. The summed E-state index contributed by atoms with van der Waals surface area (Å²) in [6.45, 7) is 0.250. The molecule has 1 amide bonds. The molecule has 0 saturated heterocycles. The first-order valence-electron chi connectivity index (χ1n) is 4.29. The molecule has 1 aliphatic carbocycles. The number of hydrogen-bond donors (Lipinski definition) is 2. The molecule has 74 valence electrons. The smallest absolute Gasteiger partial charge is 0.319 e. The van der Waals surface area contributed by atoms with E-state index in [4.69, 9.17) is 0 Å². The van der Waals surface area contributed by atoms with Gasteiger partial charge in [-0.2, -0.15) is 0 Å². The summed E-state index contributed by atoms with van der Waals surface area (Å²) in [7, 11) is 1.31. The lowest BCUT2D eigenvalue weighted by Crippen LogP contribution is -2.37. The first-order valence-corrected chi connectivity index (χ1v) is 4.29. The van der Waals surface area contributed by atoms with Crippen molar-refractivity contribution in [2.75, 3.05) is 20.2 Å². The molecule has 1 aliphatic rings. The molecule has 0 aliphatic heterocycles. The van der Waals surface area contributed by atoms with Gasteiger partial charge in [-0.25, -0.2) is 0 Å². The zero-order valence-corrected chi connectivity index (χ0v) is 7.63. The number of carbonyl (C=O) groups is 2. The molecule has 0 radical (unpaired) electrons. The second-order valence-corrected chi connectivity index (χ2v) is 3.02. The van der Waals surface area contributed by atoms with E-state index in [0.717, 1.165) is 12.8 Å². The summed E-state index contributed by atoms with van der Waals surface area (Å²) in [6, 6.07) is 0.368. The van der Waals surface area contributed by atoms with Crippen LogP contribution in [0, 0.1) is 0 Å². The predicted molar refractivity (Wildman–Crippen MR) is 46.1 cm³/mol. The zero-order valence-electron chi connectivity index (χ0n) is 7.63. The summed E-state index contributed by atoms with van der Waals surface area (Å²) in [4.78, 5) is 21.6. The van der Waals surface area contributed by atoms with Gasteiger partial charge in [0.2, 0.25) is 5.91 Å². The molecule has 5 heteroatoms. The Morgan fingerprint density at radius 1 is 1.38 bits per heavy atom. The third-order valence-electron chi connectivity index (χ3n) is 1.73. The lowest BCUT2D eigenvalue weighted by Gasteiger charge is -2.03. The van der Waals surface area contributed by atoms with Crippen molar-refractivity contribution in [3.8, 4) is 0 Å². The van der Waals surface area contributed by atoms with Gasteiger partial charge in [0.1, 0.15) is 0 Å². The Bertz CT molecular complexity index is 202. The quantitative estimate of drug-likeness (QED) is 0.542. The fraction of sp³-hybridized carbons (Fsp3) is 0.750. The van der Waals surface area contributed by atoms with Crippen LogP contribution in [0.25, 0.3) is 0 Å². The van der Waals surface area contributed by atoms with E-state index in [-0.39, 0.29) is 25.0 Å². The second kappa shape index (κ2) is 4.81. The SMILES string of the molecule is COC(=O)CNCC(=O)NC1CC1. The summed E-state index contributed by atoms with van der Waals surface area (Å²) >= 11 is 0. The molecule has 0 bridgehead atoms. The Hall–Kier alpha value is -1.10. The number of rotatable bonds is 5. The summed E-state index contributed by atoms with van der Waals surface area (Å²) in [5.41, 5.74) is 0. The number of hydrogen-bond acceptors (Lipinski definition) is 4. The maximum absolute atomic E-state index is 11.0. The van der Waals surface area contributed by atoms with Crippen LogP contribution >= 0.6 is 0 Å². The molecule has 0 aromatic heterocycles. The predicted octanol–water partition coefficient (Wildman–Crippen LogP) is -0.972. The molecular formula is C8H14N2O3. The molecule has 0 atom stereocenters. The van der Waals surface area contributed by atoms with Crippen LogP contribution in [0.3, 0.4) is 0 Å². The van der Waals surface area contributed by atoms with E-state index in [1.807, 2.05) is 0 Å². The Morgan fingerprint density at radius 2 is 2.08 bits per heavy atom. The van der Waals surface area contributed by atoms with Crippen LogP contribution in [0.2, 0.25) is 0 Å². The van der Waals surface area contributed by atoms with Gasteiger partial charge in [0, 0.05) is 6.04 Å². The molecule has 1 fully saturated rings. The van der Waals surface area contributed by atoms with E-state index >= 15 is 0 Å². The molecule has 1 saturated carbocycles. The van der Waals surface area contributed by atoms with Crippen LogP contribution < -0.4 is 10.6 Å². The molecule has 1 rings (SSSR count). The van der Waals surface area contributed by atoms with Crippen LogP contribution in [-0.4, -0.2) is 38.1 Å². The molecule has 0 heterocycles. The molecule has 13 heavy (non-hydrogen) atoms. The fourth-order valence-corrected chi connectivity index (χ4v) is 0.857. The van der Waals surface area contributed by atoms with Crippen LogP contribution in [0.4, 0.5) is 0 Å². The van der Waals surface area contributed by atoms with Gasteiger partial charge < -0.3 is 10.1 Å². The monoisotopic (exact) mass is 186 g/mol. The van der Waals surface area contributed by atoms with E-state index in [2.05, 4.69) is 15.4 Å². The van der Waals surface area contributed by atoms with E-state index in [0.29, 0.717) is 6.04 Å². The minimum absolute atomic E-state index is 0.0635. The van der Waals surface area contributed by atoms with Crippen molar-refractivity contribution in [2.45, 2.75) is 18.9 Å². The highest BCUT2D eigenvalue weighted by Crippen LogP contribution is 2.17. The van der Waals surface area contributed by atoms with Crippen molar-refractivity contribution in [1.29, 1.82) is 0 Å².